The van der Waals surface area contributed by atoms with Crippen molar-refractivity contribution in [2.24, 2.45) is 10.9 Å². The lowest BCUT2D eigenvalue weighted by Gasteiger charge is -2.21. The van der Waals surface area contributed by atoms with Crippen molar-refractivity contribution < 1.29 is 19.0 Å². The van der Waals surface area contributed by atoms with Gasteiger partial charge >= 0.3 is 0 Å². The molecule has 0 unspecified atom stereocenters. The Bertz CT molecular complexity index is 380. The Morgan fingerprint density at radius 3 is 2.62 bits per heavy atom. The highest BCUT2D eigenvalue weighted by molar-refractivity contribution is 14.0. The molecule has 1 amide bonds. The van der Waals surface area contributed by atoms with E-state index in [1.807, 2.05) is 6.92 Å². The van der Waals surface area contributed by atoms with Crippen LogP contribution in [0.15, 0.2) is 4.99 Å². The van der Waals surface area contributed by atoms with Crippen LogP contribution in [-0.2, 0) is 19.0 Å². The van der Waals surface area contributed by atoms with Gasteiger partial charge in [-0.25, -0.2) is 4.99 Å². The fourth-order valence-electron chi connectivity index (χ4n) is 2.39. The van der Waals surface area contributed by atoms with Gasteiger partial charge in [0.2, 0.25) is 5.91 Å². The number of hydrogen-bond acceptors (Lipinski definition) is 5. The van der Waals surface area contributed by atoms with E-state index in [0.29, 0.717) is 25.0 Å². The van der Waals surface area contributed by atoms with Gasteiger partial charge in [0.05, 0.1) is 6.61 Å². The Hall–Kier alpha value is -0.650. The van der Waals surface area contributed by atoms with Gasteiger partial charge in [-0.3, -0.25) is 4.79 Å². The first-order valence-corrected chi connectivity index (χ1v) is 9.19. The summed E-state index contributed by atoms with van der Waals surface area (Å²) in [5.41, 5.74) is 0. The molecule has 26 heavy (non-hydrogen) atoms. The molecular formula is C17H35IN4O4. The molecule has 0 aliphatic carbocycles. The third-order valence-corrected chi connectivity index (χ3v) is 3.81. The molecule has 1 rings (SSSR count). The van der Waals surface area contributed by atoms with Crippen LogP contribution in [0.3, 0.4) is 0 Å². The predicted molar refractivity (Wildman–Crippen MR) is 113 cm³/mol. The van der Waals surface area contributed by atoms with Crippen molar-refractivity contribution >= 4 is 35.8 Å². The number of guanidine groups is 1. The molecule has 1 heterocycles. The van der Waals surface area contributed by atoms with Crippen LogP contribution in [0.5, 0.6) is 0 Å². The maximum absolute atomic E-state index is 11.6. The molecule has 0 atom stereocenters. The Kier molecular flexibility index (Phi) is 17.3. The average Bonchev–Trinajstić information content (AvgIpc) is 2.63. The summed E-state index contributed by atoms with van der Waals surface area (Å²) in [7, 11) is 1.60. The number of hydrogen-bond donors (Lipinski definition) is 3. The van der Waals surface area contributed by atoms with Crippen LogP contribution in [-0.4, -0.2) is 78.2 Å². The Balaban J connectivity index is 0.00000625. The van der Waals surface area contributed by atoms with Crippen LogP contribution in [0.25, 0.3) is 0 Å². The summed E-state index contributed by atoms with van der Waals surface area (Å²) in [6, 6.07) is 0. The molecule has 0 saturated carbocycles. The van der Waals surface area contributed by atoms with Crippen molar-refractivity contribution in [3.63, 3.8) is 0 Å². The molecule has 1 aliphatic heterocycles. The van der Waals surface area contributed by atoms with Gasteiger partial charge in [0.15, 0.2) is 5.96 Å². The van der Waals surface area contributed by atoms with E-state index in [-0.39, 0.29) is 36.4 Å². The number of amides is 1. The van der Waals surface area contributed by atoms with Crippen LogP contribution < -0.4 is 16.0 Å². The number of nitrogens with zero attached hydrogens (tertiary/aromatic N) is 1. The second kappa shape index (κ2) is 17.7. The van der Waals surface area contributed by atoms with Gasteiger partial charge in [0, 0.05) is 53.2 Å². The molecule has 1 saturated heterocycles. The predicted octanol–water partition coefficient (Wildman–Crippen LogP) is 0.755. The molecular weight excluding hydrogens is 451 g/mol. The molecule has 0 aromatic heterocycles. The minimum absolute atomic E-state index is 0. The molecule has 0 radical (unpaired) electrons. The van der Waals surface area contributed by atoms with E-state index < -0.39 is 0 Å². The molecule has 154 valence electrons. The largest absolute Gasteiger partial charge is 0.383 e. The molecule has 0 aromatic carbocycles. The summed E-state index contributed by atoms with van der Waals surface area (Å²) in [5, 5.41) is 9.08. The summed E-state index contributed by atoms with van der Waals surface area (Å²) in [5.74, 6) is 1.17. The normalized spacial score (nSPS) is 15.2. The molecule has 0 spiro atoms. The number of carbonyl (C=O) groups excluding carboxylic acids is 1. The second-order valence-corrected chi connectivity index (χ2v) is 5.95. The maximum Gasteiger partial charge on any atom is 0.241 e. The van der Waals surface area contributed by atoms with Gasteiger partial charge in [-0.2, -0.15) is 0 Å². The first kappa shape index (κ1) is 25.4. The lowest BCUT2D eigenvalue weighted by atomic mass is 10.0. The lowest BCUT2D eigenvalue weighted by molar-refractivity contribution is -0.119. The monoisotopic (exact) mass is 486 g/mol. The number of methoxy groups -OCH3 is 1. The Labute approximate surface area is 174 Å². The minimum Gasteiger partial charge on any atom is -0.383 e. The second-order valence-electron chi connectivity index (χ2n) is 5.95. The molecule has 0 aromatic rings. The van der Waals surface area contributed by atoms with Crippen LogP contribution in [0.4, 0.5) is 0 Å². The van der Waals surface area contributed by atoms with Crippen molar-refractivity contribution in [3.05, 3.63) is 0 Å². The first-order valence-electron chi connectivity index (χ1n) is 9.19. The standard InChI is InChI=1S/C17H34N4O4.HI/c1-3-18-17(21-13-16(22)19-8-12-23-2)20-7-4-9-25-14-15-5-10-24-11-6-15;/h15H,3-14H2,1-2H3,(H,19,22)(H2,18,20,21);1H. The summed E-state index contributed by atoms with van der Waals surface area (Å²) < 4.78 is 16.0. The van der Waals surface area contributed by atoms with Gasteiger partial charge in [0.1, 0.15) is 6.54 Å². The quantitative estimate of drug-likeness (QED) is 0.163. The SMILES string of the molecule is CCNC(=NCC(=O)NCCOC)NCCCOCC1CCOCC1.I. The van der Waals surface area contributed by atoms with E-state index in [1.165, 1.54) is 0 Å². The van der Waals surface area contributed by atoms with Gasteiger partial charge in [-0.1, -0.05) is 0 Å². The molecule has 9 heteroatoms. The maximum atomic E-state index is 11.6. The molecule has 8 nitrogen and oxygen atoms in total. The van der Waals surface area contributed by atoms with Crippen molar-refractivity contribution in [1.82, 2.24) is 16.0 Å². The topological polar surface area (TPSA) is 93.2 Å². The van der Waals surface area contributed by atoms with Gasteiger partial charge in [-0.05, 0) is 32.1 Å². The third kappa shape index (κ3) is 13.5. The fourth-order valence-corrected chi connectivity index (χ4v) is 2.39. The first-order chi connectivity index (χ1) is 12.3. The summed E-state index contributed by atoms with van der Waals surface area (Å²) in [6.45, 7) is 7.85. The van der Waals surface area contributed by atoms with E-state index in [9.17, 15) is 4.79 Å². The lowest BCUT2D eigenvalue weighted by Crippen LogP contribution is -2.39. The third-order valence-electron chi connectivity index (χ3n) is 3.81. The van der Waals surface area contributed by atoms with Crippen molar-refractivity contribution in [3.8, 4) is 0 Å². The Morgan fingerprint density at radius 1 is 1.15 bits per heavy atom. The molecule has 0 bridgehead atoms. The highest BCUT2D eigenvalue weighted by atomic mass is 127. The number of aliphatic imine (C=N–C) groups is 1. The molecule has 3 N–H and O–H groups in total. The number of carbonyl (C=O) groups is 1. The molecule has 1 aliphatic rings. The van der Waals surface area contributed by atoms with Gasteiger partial charge < -0.3 is 30.2 Å². The zero-order valence-electron chi connectivity index (χ0n) is 16.1. The minimum atomic E-state index is -0.117. The highest BCUT2D eigenvalue weighted by Gasteiger charge is 2.13. The van der Waals surface area contributed by atoms with Crippen molar-refractivity contribution in [1.29, 1.82) is 0 Å². The highest BCUT2D eigenvalue weighted by Crippen LogP contribution is 2.14. The summed E-state index contributed by atoms with van der Waals surface area (Å²) >= 11 is 0. The zero-order chi connectivity index (χ0) is 18.2. The number of ether oxygens (including phenoxy) is 3. The van der Waals surface area contributed by atoms with Gasteiger partial charge in [0.25, 0.3) is 0 Å². The van der Waals surface area contributed by atoms with Crippen LogP contribution in [0.1, 0.15) is 26.2 Å². The van der Waals surface area contributed by atoms with Crippen molar-refractivity contribution in [2.45, 2.75) is 26.2 Å². The van der Waals surface area contributed by atoms with E-state index >= 15 is 0 Å². The summed E-state index contributed by atoms with van der Waals surface area (Å²) in [4.78, 5) is 15.9. The van der Waals surface area contributed by atoms with Crippen LogP contribution in [0.2, 0.25) is 0 Å². The number of rotatable bonds is 12. The van der Waals surface area contributed by atoms with E-state index in [2.05, 4.69) is 20.9 Å². The van der Waals surface area contributed by atoms with Crippen molar-refractivity contribution in [2.75, 3.05) is 66.3 Å². The van der Waals surface area contributed by atoms with Crippen LogP contribution >= 0.6 is 24.0 Å². The van der Waals surface area contributed by atoms with E-state index in [4.69, 9.17) is 14.2 Å². The average molecular weight is 486 g/mol. The zero-order valence-corrected chi connectivity index (χ0v) is 18.4. The van der Waals surface area contributed by atoms with Gasteiger partial charge in [-0.15, -0.1) is 24.0 Å². The van der Waals surface area contributed by atoms with E-state index in [1.54, 1.807) is 7.11 Å². The number of halogens is 1. The number of nitrogens with one attached hydrogen (secondary N) is 3. The summed E-state index contributed by atoms with van der Waals surface area (Å²) in [6.07, 6.45) is 3.09. The smallest absolute Gasteiger partial charge is 0.241 e. The van der Waals surface area contributed by atoms with E-state index in [0.717, 1.165) is 58.8 Å². The molecule has 1 fully saturated rings. The fraction of sp³-hybridized carbons (Fsp3) is 0.882. The van der Waals surface area contributed by atoms with Crippen LogP contribution in [0, 0.1) is 5.92 Å². The Morgan fingerprint density at radius 2 is 1.92 bits per heavy atom.